The van der Waals surface area contributed by atoms with E-state index >= 15 is 0 Å². The highest BCUT2D eigenvalue weighted by Crippen LogP contribution is 2.15. The second-order valence-electron chi connectivity index (χ2n) is 14.7. The normalized spacial score (nSPS) is 11.2. The summed E-state index contributed by atoms with van der Waals surface area (Å²) in [6, 6.07) is -0.375. The Hall–Kier alpha value is -1.46. The average Bonchev–Trinajstić information content (AvgIpc) is 3.07. The summed E-state index contributed by atoms with van der Waals surface area (Å²) >= 11 is 0. The molecule has 0 aromatic carbocycles. The van der Waals surface area contributed by atoms with E-state index in [2.05, 4.69) is 42.0 Å². The van der Waals surface area contributed by atoms with Crippen molar-refractivity contribution in [2.75, 3.05) is 13.1 Å². The van der Waals surface area contributed by atoms with E-state index in [1.54, 1.807) is 0 Å². The van der Waals surface area contributed by atoms with Gasteiger partial charge in [0.1, 0.15) is 6.17 Å². The fourth-order valence-electron chi connectivity index (χ4n) is 6.64. The Morgan fingerprint density at radius 1 is 0.333 bits per heavy atom. The molecule has 0 aliphatic rings. The van der Waals surface area contributed by atoms with Gasteiger partial charge < -0.3 is 21.3 Å². The molecule has 4 amide bonds. The number of carbonyl (C=O) groups is 2. The molecule has 4 N–H and O–H groups in total. The molecule has 0 saturated carbocycles. The van der Waals surface area contributed by atoms with Crippen molar-refractivity contribution in [1.29, 1.82) is 0 Å². The second-order valence-corrected chi connectivity index (χ2v) is 14.7. The lowest BCUT2D eigenvalue weighted by Gasteiger charge is -2.20. The van der Waals surface area contributed by atoms with Crippen molar-refractivity contribution in [2.24, 2.45) is 0 Å². The fourth-order valence-corrected chi connectivity index (χ4v) is 6.64. The first-order chi connectivity index (χ1) is 23.6. The molecule has 0 atom stereocenters. The lowest BCUT2D eigenvalue weighted by Crippen LogP contribution is -2.53. The number of hydrogen-bond donors (Lipinski definition) is 4. The van der Waals surface area contributed by atoms with Crippen LogP contribution in [0.5, 0.6) is 0 Å². The van der Waals surface area contributed by atoms with E-state index in [0.717, 1.165) is 38.5 Å². The fraction of sp³-hybridized carbons (Fsp3) is 0.952. The van der Waals surface area contributed by atoms with Crippen molar-refractivity contribution >= 4 is 12.1 Å². The molecule has 0 aromatic rings. The summed E-state index contributed by atoms with van der Waals surface area (Å²) in [6.45, 7) is 8.02. The Bertz CT molecular complexity index is 608. The van der Waals surface area contributed by atoms with Crippen molar-refractivity contribution < 1.29 is 9.59 Å². The van der Waals surface area contributed by atoms with Crippen LogP contribution in [0.15, 0.2) is 0 Å². The molecule has 0 unspecified atom stereocenters. The number of urea groups is 2. The maximum absolute atomic E-state index is 12.4. The molecular formula is C42H86N4O2. The molecule has 48 heavy (non-hydrogen) atoms. The molecule has 0 fully saturated rings. The maximum Gasteiger partial charge on any atom is 0.316 e. The Kier molecular flexibility index (Phi) is 38.8. The summed E-state index contributed by atoms with van der Waals surface area (Å²) in [5.74, 6) is 0. The number of amides is 4. The molecule has 6 nitrogen and oxygen atoms in total. The van der Waals surface area contributed by atoms with Crippen molar-refractivity contribution in [2.45, 2.75) is 245 Å². The number of carbonyl (C=O) groups excluding carboxylic acids is 2. The van der Waals surface area contributed by atoms with E-state index < -0.39 is 0 Å². The predicted molar refractivity (Wildman–Crippen MR) is 211 cm³/mol. The Balaban J connectivity index is 3.57. The summed E-state index contributed by atoms with van der Waals surface area (Å²) < 4.78 is 0. The van der Waals surface area contributed by atoms with Gasteiger partial charge in [-0.05, 0) is 19.3 Å². The van der Waals surface area contributed by atoms with Gasteiger partial charge in [0, 0.05) is 13.1 Å². The van der Waals surface area contributed by atoms with Crippen LogP contribution in [0, 0.1) is 0 Å². The molecule has 0 saturated heterocycles. The van der Waals surface area contributed by atoms with Gasteiger partial charge in [0.2, 0.25) is 0 Å². The molecule has 0 heterocycles. The Morgan fingerprint density at radius 2 is 0.562 bits per heavy atom. The van der Waals surface area contributed by atoms with Crippen molar-refractivity contribution in [3.63, 3.8) is 0 Å². The highest BCUT2D eigenvalue weighted by atomic mass is 16.2. The van der Waals surface area contributed by atoms with Gasteiger partial charge in [-0.2, -0.15) is 0 Å². The van der Waals surface area contributed by atoms with Gasteiger partial charge in [0.15, 0.2) is 0 Å². The third-order valence-corrected chi connectivity index (χ3v) is 9.82. The smallest absolute Gasteiger partial charge is 0.316 e. The van der Waals surface area contributed by atoms with Crippen LogP contribution in [0.2, 0.25) is 0 Å². The Labute approximate surface area is 300 Å². The molecule has 0 aromatic heterocycles. The zero-order chi connectivity index (χ0) is 35.0. The Morgan fingerprint density at radius 3 is 0.792 bits per heavy atom. The van der Waals surface area contributed by atoms with Crippen molar-refractivity contribution in [3.05, 3.63) is 0 Å². The van der Waals surface area contributed by atoms with Gasteiger partial charge >= 0.3 is 12.1 Å². The zero-order valence-electron chi connectivity index (χ0n) is 32.8. The number of nitrogens with one attached hydrogen (secondary N) is 4. The number of hydrogen-bond acceptors (Lipinski definition) is 2. The van der Waals surface area contributed by atoms with E-state index in [0.29, 0.717) is 13.1 Å². The van der Waals surface area contributed by atoms with E-state index in [1.807, 2.05) is 0 Å². The van der Waals surface area contributed by atoms with Crippen LogP contribution in [0.1, 0.15) is 239 Å². The average molecular weight is 679 g/mol. The maximum atomic E-state index is 12.4. The summed E-state index contributed by atoms with van der Waals surface area (Å²) in [4.78, 5) is 24.8. The minimum absolute atomic E-state index is 0.187. The lowest BCUT2D eigenvalue weighted by molar-refractivity contribution is 0.224. The molecule has 0 aliphatic heterocycles. The third kappa shape index (κ3) is 37.4. The quantitative estimate of drug-likeness (QED) is 0.0387. The standard InChI is InChI=1S/C42H86N4O2/c1-4-7-9-11-13-15-17-19-21-23-25-27-29-31-33-35-38-43-41(47)45-40(37-6-3)46-42(48)44-39-36-34-32-30-28-26-24-22-20-18-16-14-12-10-8-5-2/h40H,4-39H2,1-3H3,(H2,43,45,47)(H2,44,46,48). The topological polar surface area (TPSA) is 82.3 Å². The van der Waals surface area contributed by atoms with E-state index in [-0.39, 0.29) is 18.2 Å². The first kappa shape index (κ1) is 46.5. The highest BCUT2D eigenvalue weighted by molar-refractivity contribution is 5.77. The summed E-state index contributed by atoms with van der Waals surface area (Å²) in [6.07, 6.45) is 44.4. The first-order valence-electron chi connectivity index (χ1n) is 21.7. The third-order valence-electron chi connectivity index (χ3n) is 9.82. The highest BCUT2D eigenvalue weighted by Gasteiger charge is 2.13. The van der Waals surface area contributed by atoms with Crippen LogP contribution in [-0.2, 0) is 0 Å². The lowest BCUT2D eigenvalue weighted by atomic mass is 10.0. The minimum Gasteiger partial charge on any atom is -0.338 e. The summed E-state index contributed by atoms with van der Waals surface area (Å²) in [5.41, 5.74) is 0. The molecule has 0 spiro atoms. The summed E-state index contributed by atoms with van der Waals surface area (Å²) in [5, 5.41) is 11.8. The van der Waals surface area contributed by atoms with Gasteiger partial charge in [-0.3, -0.25) is 0 Å². The van der Waals surface area contributed by atoms with Gasteiger partial charge in [-0.15, -0.1) is 0 Å². The largest absolute Gasteiger partial charge is 0.338 e. The zero-order valence-corrected chi connectivity index (χ0v) is 32.8. The van der Waals surface area contributed by atoms with Crippen LogP contribution >= 0.6 is 0 Å². The van der Waals surface area contributed by atoms with Crippen LogP contribution in [-0.4, -0.2) is 31.3 Å². The molecule has 0 radical (unpaired) electrons. The number of rotatable bonds is 38. The molecule has 0 aliphatic carbocycles. The SMILES string of the molecule is CCCCCCCCCCCCCCCCCCNC(=O)NC(CCC)NC(=O)NCCCCCCCCCCCCCCCCCC. The van der Waals surface area contributed by atoms with E-state index in [1.165, 1.54) is 180 Å². The van der Waals surface area contributed by atoms with Crippen LogP contribution in [0.3, 0.4) is 0 Å². The molecule has 6 heteroatoms. The van der Waals surface area contributed by atoms with E-state index in [4.69, 9.17) is 0 Å². The van der Waals surface area contributed by atoms with Crippen LogP contribution in [0.4, 0.5) is 9.59 Å². The van der Waals surface area contributed by atoms with Gasteiger partial charge in [-0.1, -0.05) is 220 Å². The van der Waals surface area contributed by atoms with Crippen LogP contribution in [0.25, 0.3) is 0 Å². The van der Waals surface area contributed by atoms with Gasteiger partial charge in [0.25, 0.3) is 0 Å². The monoisotopic (exact) mass is 679 g/mol. The minimum atomic E-state index is -0.341. The van der Waals surface area contributed by atoms with Crippen LogP contribution < -0.4 is 21.3 Å². The van der Waals surface area contributed by atoms with Crippen molar-refractivity contribution in [3.8, 4) is 0 Å². The second kappa shape index (κ2) is 40.0. The molecule has 0 bridgehead atoms. The number of unbranched alkanes of at least 4 members (excludes halogenated alkanes) is 30. The molecule has 286 valence electrons. The molecule has 0 rings (SSSR count). The van der Waals surface area contributed by atoms with E-state index in [9.17, 15) is 9.59 Å². The summed E-state index contributed by atoms with van der Waals surface area (Å²) in [7, 11) is 0. The van der Waals surface area contributed by atoms with Gasteiger partial charge in [0.05, 0.1) is 0 Å². The van der Waals surface area contributed by atoms with Gasteiger partial charge in [-0.25, -0.2) is 9.59 Å². The van der Waals surface area contributed by atoms with Crippen molar-refractivity contribution in [1.82, 2.24) is 21.3 Å². The molecular weight excluding hydrogens is 592 g/mol. The predicted octanol–water partition coefficient (Wildman–Crippen LogP) is 13.2. The first-order valence-corrected chi connectivity index (χ1v) is 21.7.